The van der Waals surface area contributed by atoms with Crippen molar-refractivity contribution in [2.75, 3.05) is 32.4 Å². The van der Waals surface area contributed by atoms with Crippen molar-refractivity contribution in [3.05, 3.63) is 0 Å². The number of hydrogen-bond donors (Lipinski definition) is 1. The molecule has 1 N–H and O–H groups in total. The van der Waals surface area contributed by atoms with Crippen molar-refractivity contribution in [3.63, 3.8) is 0 Å². The molecule has 0 fully saturated rings. The molecule has 0 saturated carbocycles. The molecule has 0 atom stereocenters. The van der Waals surface area contributed by atoms with Crippen molar-refractivity contribution in [2.24, 2.45) is 0 Å². The van der Waals surface area contributed by atoms with E-state index in [0.29, 0.717) is 5.75 Å². The molecule has 0 amide bonds. The summed E-state index contributed by atoms with van der Waals surface area (Å²) in [6.07, 6.45) is 0. The molecule has 0 saturated heterocycles. The predicted octanol–water partition coefficient (Wildman–Crippen LogP) is 0.613. The molecule has 0 aliphatic heterocycles. The third kappa shape index (κ3) is 86.2. The summed E-state index contributed by atoms with van der Waals surface area (Å²) < 4.78 is 0. The Morgan fingerprint density at radius 1 is 1.33 bits per heavy atom. The van der Waals surface area contributed by atoms with Gasteiger partial charge in [0.1, 0.15) is 0 Å². The van der Waals surface area contributed by atoms with Crippen molar-refractivity contribution < 1.29 is 27.5 Å². The molecule has 9 heavy (non-hydrogen) atoms. The summed E-state index contributed by atoms with van der Waals surface area (Å²) in [6, 6.07) is 0. The minimum absolute atomic E-state index is 0. The maximum Gasteiger partial charge on any atom is 0.0461 e. The Morgan fingerprint density at radius 3 is 1.44 bits per heavy atom. The fraction of sp³-hybridized carbons (Fsp3) is 1.00. The number of aliphatic hydroxyl groups excluding tert-OH is 1. The van der Waals surface area contributed by atoms with Gasteiger partial charge in [-0.05, 0) is 7.92 Å². The van der Waals surface area contributed by atoms with Crippen LogP contribution < -0.4 is 0 Å². The SMILES string of the molecule is C[PH+](C)C.OCC[S-].[Au]. The van der Waals surface area contributed by atoms with Gasteiger partial charge >= 0.3 is 0 Å². The Hall–Kier alpha value is 1.48. The van der Waals surface area contributed by atoms with Crippen LogP contribution in [0.15, 0.2) is 0 Å². The second-order valence-electron chi connectivity index (χ2n) is 1.93. The zero-order valence-electron chi connectivity index (χ0n) is 6.07. The van der Waals surface area contributed by atoms with E-state index in [1.165, 1.54) is 0 Å². The van der Waals surface area contributed by atoms with E-state index >= 15 is 0 Å². The average molecular weight is 351 g/mol. The largest absolute Gasteiger partial charge is 0.790 e. The molecule has 4 heteroatoms. The molecule has 0 unspecified atom stereocenters. The van der Waals surface area contributed by atoms with Gasteiger partial charge in [-0.3, -0.25) is 0 Å². The van der Waals surface area contributed by atoms with Gasteiger partial charge in [-0.25, -0.2) is 0 Å². The molecule has 0 spiro atoms. The van der Waals surface area contributed by atoms with Gasteiger partial charge in [-0.1, -0.05) is 0 Å². The normalized spacial score (nSPS) is 7.33. The smallest absolute Gasteiger partial charge is 0.0461 e. The first kappa shape index (κ1) is 16.8. The van der Waals surface area contributed by atoms with Gasteiger partial charge in [-0.2, -0.15) is 5.75 Å². The second kappa shape index (κ2) is 16.2. The van der Waals surface area contributed by atoms with E-state index < -0.39 is 0 Å². The maximum atomic E-state index is 7.77. The zero-order chi connectivity index (χ0) is 6.99. The fourth-order valence-electron chi connectivity index (χ4n) is 0. The first-order valence-corrected chi connectivity index (χ1v) is 6.18. The molecule has 0 aromatic rings. The van der Waals surface area contributed by atoms with Crippen molar-refractivity contribution in [1.29, 1.82) is 0 Å². The number of aliphatic hydroxyl groups is 1. The van der Waals surface area contributed by atoms with Crippen LogP contribution in [-0.4, -0.2) is 37.5 Å². The van der Waals surface area contributed by atoms with Crippen molar-refractivity contribution in [2.45, 2.75) is 0 Å². The number of hydrogen-bond acceptors (Lipinski definition) is 2. The molecule has 0 aromatic carbocycles. The van der Waals surface area contributed by atoms with E-state index in [0.717, 1.165) is 0 Å². The molecule has 0 aromatic heterocycles. The summed E-state index contributed by atoms with van der Waals surface area (Å²) >= 11 is 4.30. The third-order valence-electron chi connectivity index (χ3n) is 0.0913. The van der Waals surface area contributed by atoms with Crippen LogP contribution in [0.5, 0.6) is 0 Å². The molecular weight excluding hydrogens is 336 g/mol. The van der Waals surface area contributed by atoms with Gasteiger partial charge in [0.05, 0.1) is 0 Å². The quantitative estimate of drug-likeness (QED) is 0.425. The van der Waals surface area contributed by atoms with E-state index in [2.05, 4.69) is 32.6 Å². The van der Waals surface area contributed by atoms with Crippen molar-refractivity contribution in [1.82, 2.24) is 0 Å². The molecule has 1 radical (unpaired) electrons. The van der Waals surface area contributed by atoms with Gasteiger partial charge in [0.25, 0.3) is 0 Å². The third-order valence-corrected chi connectivity index (χ3v) is 0.274. The Bertz CT molecular complexity index is 33.4. The van der Waals surface area contributed by atoms with Gasteiger partial charge in [0.2, 0.25) is 0 Å². The molecule has 0 aliphatic carbocycles. The molecule has 63 valence electrons. The van der Waals surface area contributed by atoms with E-state index in [1.54, 1.807) is 0 Å². The summed E-state index contributed by atoms with van der Waals surface area (Å²) in [7, 11) is 0.120. The van der Waals surface area contributed by atoms with E-state index in [-0.39, 0.29) is 36.9 Å². The fourth-order valence-corrected chi connectivity index (χ4v) is 0. The molecule has 0 heterocycles. The predicted molar refractivity (Wildman–Crippen MR) is 45.4 cm³/mol. The average Bonchev–Trinajstić information content (AvgIpc) is 1.65. The van der Waals surface area contributed by atoms with Gasteiger partial charge < -0.3 is 17.7 Å². The minimum atomic E-state index is 0. The topological polar surface area (TPSA) is 20.2 Å². The number of rotatable bonds is 1. The van der Waals surface area contributed by atoms with E-state index in [1.807, 2.05) is 0 Å². The Labute approximate surface area is 80.3 Å². The zero-order valence-corrected chi connectivity index (χ0v) is 10.1. The molecule has 0 aliphatic rings. The molecule has 0 bridgehead atoms. The Balaban J connectivity index is -0.0000000720. The summed E-state index contributed by atoms with van der Waals surface area (Å²) in [4.78, 5) is 0. The van der Waals surface area contributed by atoms with Crippen LogP contribution in [0.4, 0.5) is 0 Å². The second-order valence-corrected chi connectivity index (χ2v) is 5.34. The molecular formula is C5H15AuOPS. The van der Waals surface area contributed by atoms with Crippen LogP contribution in [0.25, 0.3) is 0 Å². The van der Waals surface area contributed by atoms with Crippen LogP contribution in [0.1, 0.15) is 0 Å². The van der Waals surface area contributed by atoms with Crippen molar-refractivity contribution >= 4 is 20.6 Å². The summed E-state index contributed by atoms with van der Waals surface area (Å²) in [5.41, 5.74) is 0. The Kier molecular flexibility index (Phi) is 30.4. The van der Waals surface area contributed by atoms with Crippen molar-refractivity contribution in [3.8, 4) is 0 Å². The van der Waals surface area contributed by atoms with E-state index in [9.17, 15) is 0 Å². The summed E-state index contributed by atoms with van der Waals surface area (Å²) in [5.74, 6) is 0.458. The maximum absolute atomic E-state index is 7.77. The van der Waals surface area contributed by atoms with Crippen LogP contribution in [-0.2, 0) is 35.0 Å². The van der Waals surface area contributed by atoms with Crippen LogP contribution in [0, 0.1) is 0 Å². The monoisotopic (exact) mass is 351 g/mol. The van der Waals surface area contributed by atoms with Gasteiger partial charge in [0.15, 0.2) is 0 Å². The first-order chi connectivity index (χ1) is 3.65. The summed E-state index contributed by atoms with van der Waals surface area (Å²) in [6.45, 7) is 6.94. The standard InChI is InChI=1S/C3H9P.C2H6OS.Au/c1-4(2)3;3-1-2-4;/h1-3H3;3-4H,1-2H2;. The van der Waals surface area contributed by atoms with E-state index in [4.69, 9.17) is 5.11 Å². The molecule has 1 nitrogen and oxygen atoms in total. The summed E-state index contributed by atoms with van der Waals surface area (Å²) in [5, 5.41) is 7.77. The van der Waals surface area contributed by atoms with Gasteiger partial charge in [0, 0.05) is 49.0 Å². The van der Waals surface area contributed by atoms with Crippen LogP contribution in [0.3, 0.4) is 0 Å². The van der Waals surface area contributed by atoms with Crippen LogP contribution >= 0.6 is 7.92 Å². The minimum Gasteiger partial charge on any atom is -0.790 e. The first-order valence-electron chi connectivity index (χ1n) is 2.60. The molecule has 0 rings (SSSR count). The van der Waals surface area contributed by atoms with Crippen LogP contribution in [0.2, 0.25) is 0 Å². The van der Waals surface area contributed by atoms with Gasteiger partial charge in [-0.15, -0.1) is 0 Å². The Morgan fingerprint density at radius 2 is 1.44 bits per heavy atom.